The van der Waals surface area contributed by atoms with Crippen LogP contribution in [0.1, 0.15) is 25.6 Å². The summed E-state index contributed by atoms with van der Waals surface area (Å²) in [5.41, 5.74) is 0.870. The zero-order valence-corrected chi connectivity index (χ0v) is 11.4. The maximum absolute atomic E-state index is 12.3. The predicted octanol–water partition coefficient (Wildman–Crippen LogP) is 0.883. The normalized spacial score (nSPS) is 24.1. The number of likely N-dealkylation sites (N-methyl/N-ethyl adjacent to an activating group) is 1. The van der Waals surface area contributed by atoms with Crippen molar-refractivity contribution in [2.24, 2.45) is 5.92 Å². The molecule has 1 aromatic heterocycles. The van der Waals surface area contributed by atoms with Crippen LogP contribution in [0.25, 0.3) is 0 Å². The summed E-state index contributed by atoms with van der Waals surface area (Å²) in [5, 5.41) is 6.29. The molecule has 0 spiro atoms. The lowest BCUT2D eigenvalue weighted by atomic mass is 10.0. The minimum Gasteiger partial charge on any atom is -0.379 e. The van der Waals surface area contributed by atoms with E-state index in [0.29, 0.717) is 13.2 Å². The van der Waals surface area contributed by atoms with Crippen LogP contribution < -0.4 is 10.6 Å². The van der Waals surface area contributed by atoms with Crippen LogP contribution >= 0.6 is 0 Å². The van der Waals surface area contributed by atoms with Crippen LogP contribution in [0.2, 0.25) is 0 Å². The summed E-state index contributed by atoms with van der Waals surface area (Å²) in [7, 11) is 0. The van der Waals surface area contributed by atoms with Gasteiger partial charge >= 0.3 is 0 Å². The first-order chi connectivity index (χ1) is 9.22. The Labute approximate surface area is 113 Å². The highest BCUT2D eigenvalue weighted by Crippen LogP contribution is 2.16. The number of ether oxygens (including phenoxy) is 1. The quantitative estimate of drug-likeness (QED) is 0.828. The molecule has 5 heteroatoms. The summed E-state index contributed by atoms with van der Waals surface area (Å²) in [4.78, 5) is 16.5. The summed E-state index contributed by atoms with van der Waals surface area (Å²) >= 11 is 0. The number of aromatic nitrogens is 1. The van der Waals surface area contributed by atoms with E-state index in [2.05, 4.69) is 15.6 Å². The van der Waals surface area contributed by atoms with Crippen molar-refractivity contribution in [1.82, 2.24) is 15.6 Å². The first-order valence-corrected chi connectivity index (χ1v) is 6.74. The molecular formula is C14H21N3O2. The van der Waals surface area contributed by atoms with Gasteiger partial charge in [-0.2, -0.15) is 0 Å². The van der Waals surface area contributed by atoms with Gasteiger partial charge in [-0.25, -0.2) is 0 Å². The Morgan fingerprint density at radius 1 is 1.53 bits per heavy atom. The van der Waals surface area contributed by atoms with E-state index in [4.69, 9.17) is 4.74 Å². The molecule has 2 N–H and O–H groups in total. The lowest BCUT2D eigenvalue weighted by Crippen LogP contribution is -2.44. The molecule has 0 saturated carbocycles. The molecule has 1 saturated heterocycles. The number of nitrogens with one attached hydrogen (secondary N) is 2. The molecule has 0 radical (unpaired) electrons. The van der Waals surface area contributed by atoms with Crippen molar-refractivity contribution in [2.75, 3.05) is 19.8 Å². The summed E-state index contributed by atoms with van der Waals surface area (Å²) in [6, 6.07) is 5.73. The van der Waals surface area contributed by atoms with Crippen LogP contribution in [-0.2, 0) is 9.53 Å². The van der Waals surface area contributed by atoms with Gasteiger partial charge in [0.15, 0.2) is 0 Å². The van der Waals surface area contributed by atoms with Crippen LogP contribution in [0.15, 0.2) is 24.4 Å². The minimum atomic E-state index is -0.119. The standard InChI is InChI=1S/C14H21N3O2/c1-3-15-13-9-19-8-11(13)14(18)17-10(2)12-6-4-5-7-16-12/h4-7,10-11,13,15H,3,8-9H2,1-2H3,(H,17,18)/t10-,11?,13?/m1/s1. The van der Waals surface area contributed by atoms with Gasteiger partial charge in [0.1, 0.15) is 0 Å². The van der Waals surface area contributed by atoms with Crippen molar-refractivity contribution < 1.29 is 9.53 Å². The van der Waals surface area contributed by atoms with Crippen LogP contribution in [0.4, 0.5) is 0 Å². The van der Waals surface area contributed by atoms with Crippen molar-refractivity contribution >= 4 is 5.91 Å². The molecule has 2 heterocycles. The molecule has 1 aromatic rings. The Morgan fingerprint density at radius 2 is 2.37 bits per heavy atom. The molecule has 0 bridgehead atoms. The molecule has 2 rings (SSSR count). The fourth-order valence-electron chi connectivity index (χ4n) is 2.30. The van der Waals surface area contributed by atoms with Crippen molar-refractivity contribution in [3.8, 4) is 0 Å². The van der Waals surface area contributed by atoms with Gasteiger partial charge in [-0.15, -0.1) is 0 Å². The van der Waals surface area contributed by atoms with E-state index in [1.807, 2.05) is 32.0 Å². The fraction of sp³-hybridized carbons (Fsp3) is 0.571. The number of rotatable bonds is 5. The highest BCUT2D eigenvalue weighted by atomic mass is 16.5. The number of hydrogen-bond acceptors (Lipinski definition) is 4. The molecule has 1 aliphatic heterocycles. The van der Waals surface area contributed by atoms with Gasteiger partial charge in [0.2, 0.25) is 5.91 Å². The van der Waals surface area contributed by atoms with Crippen LogP contribution in [0.5, 0.6) is 0 Å². The zero-order valence-electron chi connectivity index (χ0n) is 11.4. The third-order valence-electron chi connectivity index (χ3n) is 3.37. The maximum atomic E-state index is 12.3. The van der Waals surface area contributed by atoms with Crippen molar-refractivity contribution in [1.29, 1.82) is 0 Å². The monoisotopic (exact) mass is 263 g/mol. The summed E-state index contributed by atoms with van der Waals surface area (Å²) in [6.07, 6.45) is 1.73. The van der Waals surface area contributed by atoms with E-state index in [9.17, 15) is 4.79 Å². The maximum Gasteiger partial charge on any atom is 0.227 e. The average molecular weight is 263 g/mol. The Balaban J connectivity index is 1.93. The van der Waals surface area contributed by atoms with Crippen molar-refractivity contribution in [2.45, 2.75) is 25.9 Å². The zero-order chi connectivity index (χ0) is 13.7. The minimum absolute atomic E-state index is 0.0293. The Morgan fingerprint density at radius 3 is 3.05 bits per heavy atom. The highest BCUT2D eigenvalue weighted by Gasteiger charge is 2.34. The van der Waals surface area contributed by atoms with Crippen LogP contribution in [0, 0.1) is 5.92 Å². The molecule has 19 heavy (non-hydrogen) atoms. The van der Waals surface area contributed by atoms with E-state index in [1.54, 1.807) is 6.20 Å². The molecule has 0 aliphatic carbocycles. The second kappa shape index (κ2) is 6.63. The number of carbonyl (C=O) groups excluding carboxylic acids is 1. The molecule has 0 aromatic carbocycles. The number of amides is 1. The fourth-order valence-corrected chi connectivity index (χ4v) is 2.30. The number of carbonyl (C=O) groups is 1. The molecule has 5 nitrogen and oxygen atoms in total. The van der Waals surface area contributed by atoms with Gasteiger partial charge in [0, 0.05) is 12.2 Å². The summed E-state index contributed by atoms with van der Waals surface area (Å²) < 4.78 is 5.39. The van der Waals surface area contributed by atoms with E-state index < -0.39 is 0 Å². The topological polar surface area (TPSA) is 63.2 Å². The largest absolute Gasteiger partial charge is 0.379 e. The van der Waals surface area contributed by atoms with E-state index in [0.717, 1.165) is 12.2 Å². The molecule has 1 fully saturated rings. The number of pyridine rings is 1. The summed E-state index contributed by atoms with van der Waals surface area (Å²) in [5.74, 6) is -0.0901. The number of hydrogen-bond donors (Lipinski definition) is 2. The van der Waals surface area contributed by atoms with E-state index >= 15 is 0 Å². The Kier molecular flexibility index (Phi) is 4.87. The average Bonchev–Trinajstić information content (AvgIpc) is 2.88. The van der Waals surface area contributed by atoms with Crippen molar-refractivity contribution in [3.63, 3.8) is 0 Å². The van der Waals surface area contributed by atoms with Gasteiger partial charge < -0.3 is 15.4 Å². The molecule has 1 aliphatic rings. The lowest BCUT2D eigenvalue weighted by Gasteiger charge is -2.20. The smallest absolute Gasteiger partial charge is 0.227 e. The van der Waals surface area contributed by atoms with E-state index in [1.165, 1.54) is 0 Å². The van der Waals surface area contributed by atoms with Gasteiger partial charge in [0.25, 0.3) is 0 Å². The second-order valence-corrected chi connectivity index (χ2v) is 4.79. The Hall–Kier alpha value is -1.46. The molecule has 104 valence electrons. The van der Waals surface area contributed by atoms with Gasteiger partial charge in [0.05, 0.1) is 30.9 Å². The Bertz CT molecular complexity index is 410. The van der Waals surface area contributed by atoms with Crippen LogP contribution in [-0.4, -0.2) is 36.7 Å². The third kappa shape index (κ3) is 3.52. The number of nitrogens with zero attached hydrogens (tertiary/aromatic N) is 1. The predicted molar refractivity (Wildman–Crippen MR) is 72.6 cm³/mol. The molecule has 1 amide bonds. The van der Waals surface area contributed by atoms with Gasteiger partial charge in [-0.05, 0) is 25.6 Å². The second-order valence-electron chi connectivity index (χ2n) is 4.79. The van der Waals surface area contributed by atoms with E-state index in [-0.39, 0.29) is 23.9 Å². The van der Waals surface area contributed by atoms with Gasteiger partial charge in [-0.1, -0.05) is 13.0 Å². The lowest BCUT2D eigenvalue weighted by molar-refractivity contribution is -0.126. The summed E-state index contributed by atoms with van der Waals surface area (Å²) in [6.45, 7) is 5.90. The molecule has 3 atom stereocenters. The molecule has 2 unspecified atom stereocenters. The first kappa shape index (κ1) is 14.0. The third-order valence-corrected chi connectivity index (χ3v) is 3.37. The van der Waals surface area contributed by atoms with Gasteiger partial charge in [-0.3, -0.25) is 9.78 Å². The van der Waals surface area contributed by atoms with Crippen LogP contribution in [0.3, 0.4) is 0 Å². The molecular weight excluding hydrogens is 242 g/mol. The van der Waals surface area contributed by atoms with Crippen molar-refractivity contribution in [3.05, 3.63) is 30.1 Å². The SMILES string of the molecule is CCNC1COCC1C(=O)N[C@H](C)c1ccccn1. The first-order valence-electron chi connectivity index (χ1n) is 6.74. The highest BCUT2D eigenvalue weighted by molar-refractivity contribution is 5.80.